The summed E-state index contributed by atoms with van der Waals surface area (Å²) in [6.45, 7) is 0. The Labute approximate surface area is 451 Å². The Hall–Kier alpha value is -2.69. The number of allylic oxidation sites excluding steroid dienone is 2. The molecule has 0 N–H and O–H groups in total. The number of ketones is 5. The minimum atomic E-state index is 0.360. The Morgan fingerprint density at radius 1 is 0.274 bits per heavy atom. The second-order valence-electron chi connectivity index (χ2n) is 23.1. The Balaban J connectivity index is 1.21. The van der Waals surface area contributed by atoms with Gasteiger partial charge in [0, 0.05) is 57.8 Å². The summed E-state index contributed by atoms with van der Waals surface area (Å²) in [5, 5.41) is 0. The lowest BCUT2D eigenvalue weighted by atomic mass is 9.95. The maximum Gasteiger partial charge on any atom is 0.158 e. The number of benzene rings is 1. The number of hydrogen-bond donors (Lipinski definition) is 0. The van der Waals surface area contributed by atoms with Crippen molar-refractivity contribution in [1.29, 1.82) is 0 Å². The van der Waals surface area contributed by atoms with Gasteiger partial charge in [0.15, 0.2) is 5.78 Å². The Morgan fingerprint density at radius 3 is 0.863 bits per heavy atom. The lowest BCUT2D eigenvalue weighted by Gasteiger charge is -2.09. The number of rotatable bonds is 51. The van der Waals surface area contributed by atoms with Crippen LogP contribution in [0.25, 0.3) is 0 Å². The van der Waals surface area contributed by atoms with Gasteiger partial charge in [-0.25, -0.2) is 0 Å². The van der Waals surface area contributed by atoms with Crippen LogP contribution in [0.3, 0.4) is 0 Å². The summed E-state index contributed by atoms with van der Waals surface area (Å²) in [7, 11) is 0. The minimum Gasteiger partial charge on any atom is -0.300 e. The van der Waals surface area contributed by atoms with Crippen molar-refractivity contribution in [3.63, 3.8) is 0 Å². The number of hydrogen-bond acceptors (Lipinski definition) is 5. The molecule has 0 saturated heterocycles. The summed E-state index contributed by atoms with van der Waals surface area (Å²) in [5.74, 6) is 2.18. The lowest BCUT2D eigenvalue weighted by molar-refractivity contribution is -0.120. The number of Topliss-reactive ketones (excluding diaryl/α,β-unsaturated/α-hetero) is 5. The van der Waals surface area contributed by atoms with E-state index in [-0.39, 0.29) is 0 Å². The molecule has 2 rings (SSSR count). The molecule has 0 fully saturated rings. The summed E-state index contributed by atoms with van der Waals surface area (Å²) in [6.07, 6.45) is 64.6. The van der Waals surface area contributed by atoms with Crippen LogP contribution in [0.5, 0.6) is 0 Å². The Bertz CT molecular complexity index is 1490. The average molecular weight is 1010 g/mol. The van der Waals surface area contributed by atoms with E-state index < -0.39 is 0 Å². The molecule has 73 heavy (non-hydrogen) atoms. The molecular weight excluding hydrogens is 897 g/mol. The molecule has 0 saturated carbocycles. The quantitative estimate of drug-likeness (QED) is 0.0607. The third kappa shape index (κ3) is 45.2. The summed E-state index contributed by atoms with van der Waals surface area (Å²) in [5.41, 5.74) is 2.26. The van der Waals surface area contributed by atoms with Gasteiger partial charge in [0.25, 0.3) is 0 Å². The molecule has 0 atom stereocenters. The molecule has 1 aliphatic carbocycles. The van der Waals surface area contributed by atoms with Crippen molar-refractivity contribution in [3.8, 4) is 0 Å². The summed E-state index contributed by atoms with van der Waals surface area (Å²) in [6, 6.07) is 10.1. The maximum atomic E-state index is 12.9. The van der Waals surface area contributed by atoms with Gasteiger partial charge in [0.05, 0.1) is 0 Å². The number of carbonyl (C=O) groups is 5. The first-order valence-corrected chi connectivity index (χ1v) is 32.3. The Morgan fingerprint density at radius 2 is 0.534 bits per heavy atom. The van der Waals surface area contributed by atoms with Crippen molar-refractivity contribution in [3.05, 3.63) is 47.5 Å². The van der Waals surface area contributed by atoms with Crippen molar-refractivity contribution in [2.45, 2.75) is 353 Å². The molecule has 0 spiro atoms. The van der Waals surface area contributed by atoms with Crippen LogP contribution in [0.15, 0.2) is 42.0 Å². The molecular formula is C68H116O5. The Kier molecular flexibility index (Phi) is 46.8. The molecule has 1 aliphatic rings. The highest BCUT2D eigenvalue weighted by molar-refractivity contribution is 5.95. The highest BCUT2D eigenvalue weighted by Gasteiger charge is 2.11. The molecule has 0 radical (unpaired) electrons. The van der Waals surface area contributed by atoms with Crippen LogP contribution in [0.1, 0.15) is 352 Å². The molecule has 5 nitrogen and oxygen atoms in total. The molecule has 0 unspecified atom stereocenters. The van der Waals surface area contributed by atoms with E-state index in [1.54, 1.807) is 0 Å². The van der Waals surface area contributed by atoms with Gasteiger partial charge in [0.2, 0.25) is 0 Å². The molecule has 5 heteroatoms. The largest absolute Gasteiger partial charge is 0.300 e. The van der Waals surface area contributed by atoms with E-state index in [1.807, 2.05) is 30.3 Å². The highest BCUT2D eigenvalue weighted by atomic mass is 16.1. The molecule has 0 bridgehead atoms. The van der Waals surface area contributed by atoms with Crippen LogP contribution >= 0.6 is 0 Å². The average Bonchev–Trinajstić information content (AvgIpc) is 3.38. The van der Waals surface area contributed by atoms with Crippen LogP contribution in [0.2, 0.25) is 0 Å². The summed E-state index contributed by atoms with van der Waals surface area (Å²) < 4.78 is 0. The first-order chi connectivity index (χ1) is 35.9. The fourth-order valence-electron chi connectivity index (χ4n) is 11.1. The van der Waals surface area contributed by atoms with Crippen LogP contribution < -0.4 is 0 Å². The van der Waals surface area contributed by atoms with E-state index in [0.717, 1.165) is 127 Å². The van der Waals surface area contributed by atoms with E-state index in [4.69, 9.17) is 0 Å². The van der Waals surface area contributed by atoms with E-state index in [9.17, 15) is 24.0 Å². The standard InChI is InChI=1S/C68H116O5/c69-64(53-41-28-18-8-2-10-20-30-43-55-65(70)57-45-32-22-12-4-14-24-34-47-59-67(72)61-62-49-37-36-38-50-62)54-42-29-19-9-3-11-21-31-44-56-66(71)58-46-33-23-13-5-15-25-35-48-60-68(73)63-51-39-26-16-6-1-7-17-27-40-52-63/h36-38,49-51H,1-35,39-48,52-61H2/b63-51+. The van der Waals surface area contributed by atoms with E-state index in [2.05, 4.69) is 6.08 Å². The van der Waals surface area contributed by atoms with Gasteiger partial charge in [-0.1, -0.05) is 255 Å². The normalized spacial score (nSPS) is 14.3. The molecule has 0 aromatic heterocycles. The van der Waals surface area contributed by atoms with Crippen LogP contribution in [-0.2, 0) is 30.4 Å². The van der Waals surface area contributed by atoms with Gasteiger partial charge >= 0.3 is 0 Å². The van der Waals surface area contributed by atoms with Crippen molar-refractivity contribution in [1.82, 2.24) is 0 Å². The second-order valence-corrected chi connectivity index (χ2v) is 23.1. The van der Waals surface area contributed by atoms with Crippen LogP contribution in [-0.4, -0.2) is 28.9 Å². The smallest absolute Gasteiger partial charge is 0.158 e. The molecule has 0 aliphatic heterocycles. The number of carbonyl (C=O) groups excluding carboxylic acids is 5. The highest BCUT2D eigenvalue weighted by Crippen LogP contribution is 2.21. The van der Waals surface area contributed by atoms with Gasteiger partial charge in [0.1, 0.15) is 23.1 Å². The number of unbranched alkanes of at least 4 members (excludes halogenated alkanes) is 32. The second kappa shape index (κ2) is 51.4. The lowest BCUT2D eigenvalue weighted by Crippen LogP contribution is -2.03. The summed E-state index contributed by atoms with van der Waals surface area (Å²) in [4.78, 5) is 62.1. The zero-order valence-corrected chi connectivity index (χ0v) is 47.9. The molecule has 418 valence electrons. The molecule has 0 heterocycles. The zero-order chi connectivity index (χ0) is 52.2. The van der Waals surface area contributed by atoms with E-state index >= 15 is 0 Å². The van der Waals surface area contributed by atoms with E-state index in [1.165, 1.54) is 225 Å². The van der Waals surface area contributed by atoms with Gasteiger partial charge in [-0.15, -0.1) is 0 Å². The molecule has 0 amide bonds. The van der Waals surface area contributed by atoms with Crippen molar-refractivity contribution >= 4 is 28.9 Å². The van der Waals surface area contributed by atoms with Crippen molar-refractivity contribution in [2.24, 2.45) is 0 Å². The van der Waals surface area contributed by atoms with Crippen LogP contribution in [0.4, 0.5) is 0 Å². The minimum absolute atomic E-state index is 0.360. The maximum absolute atomic E-state index is 12.9. The molecule has 1 aromatic rings. The summed E-state index contributed by atoms with van der Waals surface area (Å²) >= 11 is 0. The van der Waals surface area contributed by atoms with Crippen molar-refractivity contribution in [2.75, 3.05) is 0 Å². The first kappa shape index (κ1) is 66.4. The first-order valence-electron chi connectivity index (χ1n) is 32.3. The predicted molar refractivity (Wildman–Crippen MR) is 313 cm³/mol. The fourth-order valence-corrected chi connectivity index (χ4v) is 11.1. The van der Waals surface area contributed by atoms with Gasteiger partial charge in [-0.3, -0.25) is 24.0 Å². The third-order valence-corrected chi connectivity index (χ3v) is 16.0. The third-order valence-electron chi connectivity index (χ3n) is 16.0. The van der Waals surface area contributed by atoms with Crippen molar-refractivity contribution < 1.29 is 24.0 Å². The van der Waals surface area contributed by atoms with E-state index in [0.29, 0.717) is 41.8 Å². The monoisotopic (exact) mass is 1010 g/mol. The fraction of sp³-hybridized carbons (Fsp3) is 0.809. The zero-order valence-electron chi connectivity index (χ0n) is 47.9. The van der Waals surface area contributed by atoms with Gasteiger partial charge in [-0.05, 0) is 88.2 Å². The van der Waals surface area contributed by atoms with Crippen LogP contribution in [0, 0.1) is 0 Å². The van der Waals surface area contributed by atoms with Gasteiger partial charge < -0.3 is 0 Å². The SMILES string of the molecule is O=C(CCCCCCCCCCCC(=O)CCCCCCCCCCCC(=O)Cc1ccccc1)CCCCCCCCCCCC(=O)CCCCCCCCCCCC(=O)/C1=C/CCCCCCCCCC1. The topological polar surface area (TPSA) is 85.3 Å². The molecule has 1 aromatic carbocycles. The predicted octanol–water partition coefficient (Wildman–Crippen LogP) is 21.1. The van der Waals surface area contributed by atoms with Gasteiger partial charge in [-0.2, -0.15) is 0 Å².